The third-order valence-corrected chi connectivity index (χ3v) is 3.68. The van der Waals surface area contributed by atoms with Gasteiger partial charge < -0.3 is 14.8 Å². The second-order valence-corrected chi connectivity index (χ2v) is 5.67. The summed E-state index contributed by atoms with van der Waals surface area (Å²) in [7, 11) is 0. The second kappa shape index (κ2) is 8.57. The average Bonchev–Trinajstić information content (AvgIpc) is 2.57. The van der Waals surface area contributed by atoms with Crippen molar-refractivity contribution >= 4 is 40.8 Å². The molecule has 0 saturated carbocycles. The molecular formula is C17H15Cl2NO4. The van der Waals surface area contributed by atoms with E-state index in [2.05, 4.69) is 5.32 Å². The molecule has 0 saturated heterocycles. The third kappa shape index (κ3) is 5.44. The van der Waals surface area contributed by atoms with Crippen LogP contribution < -0.4 is 10.1 Å². The quantitative estimate of drug-likeness (QED) is 0.785. The maximum atomic E-state index is 11.8. The van der Waals surface area contributed by atoms with Gasteiger partial charge >= 0.3 is 5.97 Å². The van der Waals surface area contributed by atoms with E-state index >= 15 is 0 Å². The Morgan fingerprint density at radius 2 is 1.79 bits per heavy atom. The lowest BCUT2D eigenvalue weighted by Gasteiger charge is -2.14. The van der Waals surface area contributed by atoms with Gasteiger partial charge in [0, 0.05) is 5.69 Å². The fourth-order valence-electron chi connectivity index (χ4n) is 1.78. The van der Waals surface area contributed by atoms with E-state index in [1.165, 1.54) is 6.07 Å². The van der Waals surface area contributed by atoms with Gasteiger partial charge in [0.05, 0.1) is 10.0 Å². The van der Waals surface area contributed by atoms with E-state index in [-0.39, 0.29) is 0 Å². The van der Waals surface area contributed by atoms with E-state index in [1.807, 2.05) is 6.07 Å². The first-order chi connectivity index (χ1) is 11.5. The van der Waals surface area contributed by atoms with Crippen LogP contribution >= 0.6 is 23.2 Å². The van der Waals surface area contributed by atoms with Gasteiger partial charge in [-0.3, -0.25) is 4.79 Å². The number of benzene rings is 2. The number of anilines is 1. The molecule has 2 aromatic rings. The number of halogens is 2. The standard InChI is InChI=1S/C17H15Cl2NO4/c1-11(24-13-5-3-2-4-6-13)17(22)23-10-16(21)20-12-7-8-14(18)15(19)9-12/h2-9,11H,10H2,1H3,(H,20,21)/t11-/m0/s1. The van der Waals surface area contributed by atoms with E-state index in [0.29, 0.717) is 21.5 Å². The van der Waals surface area contributed by atoms with Gasteiger partial charge in [0.15, 0.2) is 12.7 Å². The summed E-state index contributed by atoms with van der Waals surface area (Å²) in [6, 6.07) is 13.5. The van der Waals surface area contributed by atoms with Gasteiger partial charge in [0.1, 0.15) is 5.75 Å². The maximum absolute atomic E-state index is 11.8. The number of ether oxygens (including phenoxy) is 2. The SMILES string of the molecule is C[C@H](Oc1ccccc1)C(=O)OCC(=O)Nc1ccc(Cl)c(Cl)c1. The summed E-state index contributed by atoms with van der Waals surface area (Å²) < 4.78 is 10.3. The van der Waals surface area contributed by atoms with Crippen molar-refractivity contribution in [2.45, 2.75) is 13.0 Å². The topological polar surface area (TPSA) is 64.6 Å². The summed E-state index contributed by atoms with van der Waals surface area (Å²) in [5.41, 5.74) is 0.457. The first kappa shape index (κ1) is 18.1. The summed E-state index contributed by atoms with van der Waals surface area (Å²) in [5.74, 6) is -0.584. The fraction of sp³-hybridized carbons (Fsp3) is 0.176. The van der Waals surface area contributed by atoms with Crippen molar-refractivity contribution in [1.29, 1.82) is 0 Å². The molecule has 5 nitrogen and oxygen atoms in total. The van der Waals surface area contributed by atoms with Crippen LogP contribution in [0.25, 0.3) is 0 Å². The number of amides is 1. The molecular weight excluding hydrogens is 353 g/mol. The Morgan fingerprint density at radius 1 is 1.08 bits per heavy atom. The van der Waals surface area contributed by atoms with Crippen LogP contribution in [0.2, 0.25) is 10.0 Å². The van der Waals surface area contributed by atoms with Crippen molar-refractivity contribution in [3.63, 3.8) is 0 Å². The third-order valence-electron chi connectivity index (χ3n) is 2.94. The zero-order valence-corrected chi connectivity index (χ0v) is 14.3. The zero-order valence-electron chi connectivity index (χ0n) is 12.8. The average molecular weight is 368 g/mol. The molecule has 0 fully saturated rings. The molecule has 126 valence electrons. The molecule has 24 heavy (non-hydrogen) atoms. The summed E-state index contributed by atoms with van der Waals surface area (Å²) in [6.45, 7) is 1.12. The number of carbonyl (C=O) groups is 2. The monoisotopic (exact) mass is 367 g/mol. The molecule has 0 unspecified atom stereocenters. The number of esters is 1. The molecule has 7 heteroatoms. The van der Waals surface area contributed by atoms with E-state index in [0.717, 1.165) is 0 Å². The van der Waals surface area contributed by atoms with Gasteiger partial charge in [-0.25, -0.2) is 4.79 Å². The number of carbonyl (C=O) groups excluding carboxylic acids is 2. The van der Waals surface area contributed by atoms with Crippen LogP contribution in [0.1, 0.15) is 6.92 Å². The van der Waals surface area contributed by atoms with Crippen LogP contribution in [0.5, 0.6) is 5.75 Å². The molecule has 0 aliphatic carbocycles. The first-order valence-corrected chi connectivity index (χ1v) is 7.84. The zero-order chi connectivity index (χ0) is 17.5. The number of para-hydroxylation sites is 1. The molecule has 0 bridgehead atoms. The number of rotatable bonds is 6. The Bertz CT molecular complexity index is 722. The Balaban J connectivity index is 1.80. The normalized spacial score (nSPS) is 11.5. The highest BCUT2D eigenvalue weighted by Gasteiger charge is 2.17. The predicted molar refractivity (Wildman–Crippen MR) is 92.6 cm³/mol. The number of hydrogen-bond acceptors (Lipinski definition) is 4. The van der Waals surface area contributed by atoms with Gasteiger partial charge in [0.25, 0.3) is 5.91 Å². The lowest BCUT2D eigenvalue weighted by molar-refractivity contribution is -0.153. The molecule has 1 atom stereocenters. The highest BCUT2D eigenvalue weighted by molar-refractivity contribution is 6.42. The van der Waals surface area contributed by atoms with Crippen LogP contribution in [-0.4, -0.2) is 24.6 Å². The minimum absolute atomic E-state index is 0.316. The van der Waals surface area contributed by atoms with Gasteiger partial charge in [-0.05, 0) is 37.3 Å². The van der Waals surface area contributed by atoms with E-state index in [1.54, 1.807) is 43.3 Å². The summed E-state index contributed by atoms with van der Waals surface area (Å²) in [4.78, 5) is 23.6. The van der Waals surface area contributed by atoms with Crippen molar-refractivity contribution in [2.24, 2.45) is 0 Å². The fourth-order valence-corrected chi connectivity index (χ4v) is 2.07. The molecule has 0 aliphatic heterocycles. The largest absolute Gasteiger partial charge is 0.479 e. The van der Waals surface area contributed by atoms with E-state index < -0.39 is 24.6 Å². The van der Waals surface area contributed by atoms with Crippen LogP contribution in [0.3, 0.4) is 0 Å². The molecule has 0 heterocycles. The van der Waals surface area contributed by atoms with Crippen LogP contribution in [0.4, 0.5) is 5.69 Å². The molecule has 1 N–H and O–H groups in total. The number of nitrogens with one attached hydrogen (secondary N) is 1. The molecule has 0 aromatic heterocycles. The highest BCUT2D eigenvalue weighted by atomic mass is 35.5. The Kier molecular flexibility index (Phi) is 6.46. The Labute approximate surface area is 149 Å². The molecule has 2 rings (SSSR count). The molecule has 1 amide bonds. The van der Waals surface area contributed by atoms with Crippen molar-refractivity contribution < 1.29 is 19.1 Å². The van der Waals surface area contributed by atoms with Gasteiger partial charge in [-0.1, -0.05) is 41.4 Å². The molecule has 0 aliphatic rings. The summed E-state index contributed by atoms with van der Waals surface area (Å²) >= 11 is 11.7. The van der Waals surface area contributed by atoms with Crippen LogP contribution in [0.15, 0.2) is 48.5 Å². The number of hydrogen-bond donors (Lipinski definition) is 1. The lowest BCUT2D eigenvalue weighted by atomic mass is 10.3. The van der Waals surface area contributed by atoms with Crippen molar-refractivity contribution in [3.8, 4) is 5.75 Å². The summed E-state index contributed by atoms with van der Waals surface area (Å²) in [5, 5.41) is 3.25. The van der Waals surface area contributed by atoms with Crippen molar-refractivity contribution in [1.82, 2.24) is 0 Å². The second-order valence-electron chi connectivity index (χ2n) is 4.86. The molecule has 0 spiro atoms. The molecule has 2 aromatic carbocycles. The Morgan fingerprint density at radius 3 is 2.46 bits per heavy atom. The highest BCUT2D eigenvalue weighted by Crippen LogP contribution is 2.24. The van der Waals surface area contributed by atoms with Gasteiger partial charge in [-0.2, -0.15) is 0 Å². The van der Waals surface area contributed by atoms with E-state index in [4.69, 9.17) is 32.7 Å². The van der Waals surface area contributed by atoms with Crippen LogP contribution in [-0.2, 0) is 14.3 Å². The van der Waals surface area contributed by atoms with Gasteiger partial charge in [0.2, 0.25) is 0 Å². The predicted octanol–water partition coefficient (Wildman–Crippen LogP) is 3.94. The van der Waals surface area contributed by atoms with Crippen molar-refractivity contribution in [3.05, 3.63) is 58.6 Å². The van der Waals surface area contributed by atoms with Crippen molar-refractivity contribution in [2.75, 3.05) is 11.9 Å². The van der Waals surface area contributed by atoms with E-state index in [9.17, 15) is 9.59 Å². The first-order valence-electron chi connectivity index (χ1n) is 7.09. The smallest absolute Gasteiger partial charge is 0.347 e. The van der Waals surface area contributed by atoms with Crippen LogP contribution in [0, 0.1) is 0 Å². The minimum Gasteiger partial charge on any atom is -0.479 e. The molecule has 0 radical (unpaired) electrons. The lowest BCUT2D eigenvalue weighted by Crippen LogP contribution is -2.29. The maximum Gasteiger partial charge on any atom is 0.347 e. The Hall–Kier alpha value is -2.24. The summed E-state index contributed by atoms with van der Waals surface area (Å²) in [6.07, 6.45) is -0.829. The van der Waals surface area contributed by atoms with Gasteiger partial charge in [-0.15, -0.1) is 0 Å². The minimum atomic E-state index is -0.829.